The first-order chi connectivity index (χ1) is 20.0. The minimum absolute atomic E-state index is 0.0316. The summed E-state index contributed by atoms with van der Waals surface area (Å²) in [7, 11) is -6.42. The van der Waals surface area contributed by atoms with Gasteiger partial charge >= 0.3 is 5.69 Å². The minimum Gasteiger partial charge on any atom is -0.867 e. The van der Waals surface area contributed by atoms with Gasteiger partial charge in [0.15, 0.2) is 4.98 Å². The highest BCUT2D eigenvalue weighted by atomic mass is 35.7. The molecule has 0 aliphatic carbocycles. The number of piperazine rings is 1. The molecule has 0 unspecified atom stereocenters. The van der Waals surface area contributed by atoms with Crippen LogP contribution >= 0.6 is 21.4 Å². The van der Waals surface area contributed by atoms with Crippen LogP contribution in [0.15, 0.2) is 80.2 Å². The van der Waals surface area contributed by atoms with E-state index in [4.69, 9.17) is 26.8 Å². The maximum absolute atomic E-state index is 13.5. The summed E-state index contributed by atoms with van der Waals surface area (Å²) in [4.78, 5) is 1.25. The molecule has 0 atom stereocenters. The standard InChI is InChI=1S/C24H18Cl2N4O9S4/c25-40(32,33)17-13-15-12-16(4-5-18(15)23(14-17)41(26,34)35)42(36,37)29-8-10-30(11-9-29)43(38,39)22-3-1-2-20-19(22)6-7-21(28-27)24(20)31/h1-7,12-14H,8-11H2. The zero-order valence-electron chi connectivity index (χ0n) is 21.5. The van der Waals surface area contributed by atoms with Crippen LogP contribution in [-0.2, 0) is 38.1 Å². The average Bonchev–Trinajstić information content (AvgIpc) is 2.95. The third-order valence-electron chi connectivity index (χ3n) is 6.92. The molecule has 13 nitrogen and oxygen atoms in total. The third-order valence-corrected chi connectivity index (χ3v) is 13.5. The molecular formula is C24H18Cl2N4O9S4. The van der Waals surface area contributed by atoms with Crippen LogP contribution in [0.2, 0.25) is 0 Å². The molecule has 0 saturated carbocycles. The van der Waals surface area contributed by atoms with Crippen molar-refractivity contribution in [2.75, 3.05) is 26.2 Å². The van der Waals surface area contributed by atoms with E-state index >= 15 is 0 Å². The molecular weight excluding hydrogens is 687 g/mol. The van der Waals surface area contributed by atoms with Crippen LogP contribution in [-0.4, -0.2) is 68.5 Å². The Hall–Kier alpha value is -3.08. The number of diazo groups is 1. The van der Waals surface area contributed by atoms with Crippen LogP contribution in [0.4, 0.5) is 5.69 Å². The van der Waals surface area contributed by atoms with Crippen molar-refractivity contribution in [1.82, 2.24) is 8.61 Å². The Balaban J connectivity index is 1.46. The lowest BCUT2D eigenvalue weighted by molar-refractivity contribution is -0.264. The summed E-state index contributed by atoms with van der Waals surface area (Å²) in [6.07, 6.45) is 0. The van der Waals surface area contributed by atoms with Crippen LogP contribution in [0.5, 0.6) is 5.75 Å². The SMILES string of the molecule is N#[N+]c1ccc2c(S(=O)(=O)N3CCN(S(=O)(=O)c4ccc5c(S(=O)(=O)Cl)cc(S(=O)(=O)Cl)cc5c4)CC3)cccc2c1[O-]. The van der Waals surface area contributed by atoms with E-state index in [2.05, 4.69) is 4.98 Å². The van der Waals surface area contributed by atoms with Crippen LogP contribution in [0.3, 0.4) is 0 Å². The minimum atomic E-state index is -4.45. The summed E-state index contributed by atoms with van der Waals surface area (Å²) < 4.78 is 104. The molecule has 226 valence electrons. The summed E-state index contributed by atoms with van der Waals surface area (Å²) >= 11 is 0. The lowest BCUT2D eigenvalue weighted by atomic mass is 10.1. The van der Waals surface area contributed by atoms with Gasteiger partial charge in [-0.15, -0.1) is 0 Å². The number of benzene rings is 4. The second-order valence-electron chi connectivity index (χ2n) is 9.35. The quantitative estimate of drug-likeness (QED) is 0.213. The van der Waals surface area contributed by atoms with Crippen molar-refractivity contribution >= 4 is 86.7 Å². The first kappa shape index (κ1) is 31.3. The molecule has 43 heavy (non-hydrogen) atoms. The van der Waals surface area contributed by atoms with Gasteiger partial charge in [0.25, 0.3) is 18.1 Å². The van der Waals surface area contributed by atoms with Crippen molar-refractivity contribution in [3.63, 3.8) is 0 Å². The fraction of sp³-hybridized carbons (Fsp3) is 0.167. The summed E-state index contributed by atoms with van der Waals surface area (Å²) in [5, 5.41) is 21.6. The van der Waals surface area contributed by atoms with Gasteiger partial charge in [0.05, 0.1) is 19.6 Å². The number of hydrogen-bond acceptors (Lipinski definition) is 10. The lowest BCUT2D eigenvalue weighted by Crippen LogP contribution is -2.50. The zero-order chi connectivity index (χ0) is 31.5. The highest BCUT2D eigenvalue weighted by molar-refractivity contribution is 8.14. The summed E-state index contributed by atoms with van der Waals surface area (Å²) in [5.41, 5.74) is -0.254. The molecule has 0 N–H and O–H groups in total. The molecule has 1 saturated heterocycles. The number of hydrogen-bond donors (Lipinski definition) is 0. The highest BCUT2D eigenvalue weighted by Crippen LogP contribution is 2.37. The van der Waals surface area contributed by atoms with Crippen LogP contribution in [0.25, 0.3) is 26.5 Å². The second kappa shape index (κ2) is 10.8. The molecule has 4 aromatic carbocycles. The fourth-order valence-electron chi connectivity index (χ4n) is 4.82. The van der Waals surface area contributed by atoms with Gasteiger partial charge in [0.1, 0.15) is 0 Å². The first-order valence-corrected chi connectivity index (χ1v) is 19.5. The fourth-order valence-corrected chi connectivity index (χ4v) is 9.88. The Bertz CT molecular complexity index is 2320. The Morgan fingerprint density at radius 3 is 1.81 bits per heavy atom. The van der Waals surface area contributed by atoms with E-state index in [9.17, 15) is 38.8 Å². The number of rotatable bonds is 6. The topological polar surface area (TPSA) is 194 Å². The highest BCUT2D eigenvalue weighted by Gasteiger charge is 2.35. The molecule has 1 heterocycles. The van der Waals surface area contributed by atoms with E-state index in [-0.39, 0.29) is 63.2 Å². The van der Waals surface area contributed by atoms with Crippen LogP contribution in [0.1, 0.15) is 0 Å². The van der Waals surface area contributed by atoms with Gasteiger partial charge in [-0.05, 0) is 52.9 Å². The van der Waals surface area contributed by atoms with Gasteiger partial charge in [-0.3, -0.25) is 0 Å². The van der Waals surface area contributed by atoms with Gasteiger partial charge in [-0.1, -0.05) is 18.2 Å². The Morgan fingerprint density at radius 1 is 0.651 bits per heavy atom. The summed E-state index contributed by atoms with van der Waals surface area (Å²) in [6, 6.07) is 11.8. The third kappa shape index (κ3) is 5.65. The van der Waals surface area contributed by atoms with E-state index in [0.29, 0.717) is 0 Å². The maximum atomic E-state index is 13.5. The first-order valence-electron chi connectivity index (χ1n) is 12.0. The molecule has 4 aromatic rings. The molecule has 0 radical (unpaired) electrons. The number of sulfonamides is 2. The number of fused-ring (bicyclic) bond motifs is 2. The molecule has 0 spiro atoms. The van der Waals surface area contributed by atoms with Crippen LogP contribution < -0.4 is 5.11 Å². The van der Waals surface area contributed by atoms with Gasteiger partial charge in [0, 0.05) is 64.4 Å². The molecule has 1 aliphatic heterocycles. The van der Waals surface area contributed by atoms with Crippen molar-refractivity contribution in [2.45, 2.75) is 19.6 Å². The Labute approximate surface area is 255 Å². The maximum Gasteiger partial charge on any atom is 0.378 e. The summed E-state index contributed by atoms with van der Waals surface area (Å²) in [5.74, 6) is -0.658. The Morgan fingerprint density at radius 2 is 1.23 bits per heavy atom. The van der Waals surface area contributed by atoms with E-state index in [1.54, 1.807) is 0 Å². The summed E-state index contributed by atoms with van der Waals surface area (Å²) in [6.45, 7) is -0.962. The Kier molecular flexibility index (Phi) is 7.89. The van der Waals surface area contributed by atoms with Crippen molar-refractivity contribution in [3.05, 3.63) is 65.6 Å². The molecule has 1 fully saturated rings. The monoisotopic (exact) mass is 704 g/mol. The van der Waals surface area contributed by atoms with E-state index in [1.807, 2.05) is 0 Å². The van der Waals surface area contributed by atoms with Crippen LogP contribution in [0, 0.1) is 5.39 Å². The molecule has 19 heteroatoms. The number of halogens is 2. The van der Waals surface area contributed by atoms with Gasteiger partial charge < -0.3 is 5.11 Å². The molecule has 1 aliphatic rings. The van der Waals surface area contributed by atoms with E-state index < -0.39 is 53.7 Å². The van der Waals surface area contributed by atoms with Gasteiger partial charge in [-0.2, -0.15) is 8.61 Å². The predicted octanol–water partition coefficient (Wildman–Crippen LogP) is 3.10. The predicted molar refractivity (Wildman–Crippen MR) is 156 cm³/mol. The number of nitrogens with zero attached hydrogens (tertiary/aromatic N) is 4. The second-order valence-corrected chi connectivity index (χ2v) is 18.3. The smallest absolute Gasteiger partial charge is 0.378 e. The van der Waals surface area contributed by atoms with Gasteiger partial charge in [-0.25, -0.2) is 33.7 Å². The molecule has 0 amide bonds. The van der Waals surface area contributed by atoms with Crippen molar-refractivity contribution in [2.24, 2.45) is 0 Å². The van der Waals surface area contributed by atoms with Crippen molar-refractivity contribution < 1.29 is 38.8 Å². The molecule has 0 bridgehead atoms. The van der Waals surface area contributed by atoms with E-state index in [0.717, 1.165) is 32.9 Å². The van der Waals surface area contributed by atoms with Crippen molar-refractivity contribution in [1.29, 1.82) is 5.39 Å². The normalized spacial score (nSPS) is 15.9. The lowest BCUT2D eigenvalue weighted by Gasteiger charge is -2.33. The van der Waals surface area contributed by atoms with E-state index in [1.165, 1.54) is 36.4 Å². The van der Waals surface area contributed by atoms with Crippen molar-refractivity contribution in [3.8, 4) is 5.75 Å². The average molecular weight is 706 g/mol. The molecule has 0 aromatic heterocycles. The largest absolute Gasteiger partial charge is 0.867 e. The van der Waals surface area contributed by atoms with Gasteiger partial charge in [0.2, 0.25) is 25.4 Å². The molecule has 5 rings (SSSR count). The zero-order valence-corrected chi connectivity index (χ0v) is 26.2.